The van der Waals surface area contributed by atoms with Crippen molar-refractivity contribution in [3.05, 3.63) is 58.4 Å². The van der Waals surface area contributed by atoms with Crippen LogP contribution in [0, 0.1) is 5.82 Å². The highest BCUT2D eigenvalue weighted by Gasteiger charge is 2.19. The molecule has 0 heterocycles. The van der Waals surface area contributed by atoms with E-state index in [-0.39, 0.29) is 22.9 Å². The minimum absolute atomic E-state index is 0.0613. The Morgan fingerprint density at radius 1 is 1.21 bits per heavy atom. The second kappa shape index (κ2) is 9.94. The standard InChI is InChI=1S/C20H21ClFNO5/c1-4-27-19-15(21)9-14(10-17(19)26-3)20(25)28-12-18(24)23(2)11-13-7-5-6-8-16(13)22/h5-10H,4,11-12H2,1-3H3. The SMILES string of the molecule is CCOc1c(Cl)cc(C(=O)OCC(=O)N(C)Cc2ccccc2F)cc1OC. The van der Waals surface area contributed by atoms with E-state index >= 15 is 0 Å². The number of benzene rings is 2. The maximum atomic E-state index is 13.7. The molecule has 2 aromatic rings. The first kappa shape index (κ1) is 21.5. The van der Waals surface area contributed by atoms with E-state index in [0.29, 0.717) is 17.9 Å². The molecule has 0 atom stereocenters. The fraction of sp³-hybridized carbons (Fsp3) is 0.300. The Labute approximate surface area is 167 Å². The molecule has 28 heavy (non-hydrogen) atoms. The van der Waals surface area contributed by atoms with Crippen molar-refractivity contribution in [2.75, 3.05) is 27.4 Å². The van der Waals surface area contributed by atoms with Crippen molar-refractivity contribution in [3.8, 4) is 11.5 Å². The lowest BCUT2D eigenvalue weighted by Crippen LogP contribution is -2.31. The molecule has 150 valence electrons. The summed E-state index contributed by atoms with van der Waals surface area (Å²) in [6, 6.07) is 8.95. The van der Waals surface area contributed by atoms with Crippen LogP contribution < -0.4 is 9.47 Å². The minimum atomic E-state index is -0.740. The van der Waals surface area contributed by atoms with Crippen LogP contribution in [0.2, 0.25) is 5.02 Å². The predicted molar refractivity (Wildman–Crippen MR) is 102 cm³/mol. The fourth-order valence-electron chi connectivity index (χ4n) is 2.41. The van der Waals surface area contributed by atoms with E-state index in [1.165, 1.54) is 37.3 Å². The Balaban J connectivity index is 2.00. The number of hydrogen-bond donors (Lipinski definition) is 0. The number of amides is 1. The third-order valence-electron chi connectivity index (χ3n) is 3.87. The van der Waals surface area contributed by atoms with Gasteiger partial charge in [-0.2, -0.15) is 0 Å². The highest BCUT2D eigenvalue weighted by atomic mass is 35.5. The number of nitrogens with zero attached hydrogens (tertiary/aromatic N) is 1. The zero-order valence-corrected chi connectivity index (χ0v) is 16.6. The summed E-state index contributed by atoms with van der Waals surface area (Å²) in [7, 11) is 2.92. The van der Waals surface area contributed by atoms with Gasteiger partial charge < -0.3 is 19.1 Å². The Kier molecular flexibility index (Phi) is 7.63. The second-order valence-corrected chi connectivity index (χ2v) is 6.25. The first-order valence-electron chi connectivity index (χ1n) is 8.52. The first-order chi connectivity index (χ1) is 13.4. The maximum absolute atomic E-state index is 13.7. The summed E-state index contributed by atoms with van der Waals surface area (Å²) in [4.78, 5) is 25.7. The number of carbonyl (C=O) groups excluding carboxylic acids is 2. The molecule has 2 aromatic carbocycles. The van der Waals surface area contributed by atoms with Gasteiger partial charge in [0, 0.05) is 19.2 Å². The van der Waals surface area contributed by atoms with Gasteiger partial charge in [-0.05, 0) is 25.1 Å². The molecule has 0 spiro atoms. The molecule has 0 aromatic heterocycles. The Bertz CT molecular complexity index is 858. The Morgan fingerprint density at radius 3 is 2.57 bits per heavy atom. The van der Waals surface area contributed by atoms with Crippen molar-refractivity contribution < 1.29 is 28.2 Å². The van der Waals surface area contributed by atoms with Crippen molar-refractivity contribution in [2.24, 2.45) is 0 Å². The predicted octanol–water partition coefficient (Wildman–Crippen LogP) is 3.70. The number of hydrogen-bond acceptors (Lipinski definition) is 5. The van der Waals surface area contributed by atoms with Gasteiger partial charge in [0.2, 0.25) is 0 Å². The van der Waals surface area contributed by atoms with Crippen LogP contribution in [0.1, 0.15) is 22.8 Å². The van der Waals surface area contributed by atoms with Crippen LogP contribution in [0.15, 0.2) is 36.4 Å². The van der Waals surface area contributed by atoms with Gasteiger partial charge in [0.15, 0.2) is 18.1 Å². The van der Waals surface area contributed by atoms with Gasteiger partial charge in [0.25, 0.3) is 5.91 Å². The van der Waals surface area contributed by atoms with Gasteiger partial charge in [-0.1, -0.05) is 29.8 Å². The number of likely N-dealkylation sites (N-methyl/N-ethyl adjacent to an activating group) is 1. The Morgan fingerprint density at radius 2 is 1.93 bits per heavy atom. The highest BCUT2D eigenvalue weighted by Crippen LogP contribution is 2.36. The molecule has 0 unspecified atom stereocenters. The third kappa shape index (κ3) is 5.36. The summed E-state index contributed by atoms with van der Waals surface area (Å²) in [5.41, 5.74) is 0.488. The van der Waals surface area contributed by atoms with Crippen molar-refractivity contribution in [2.45, 2.75) is 13.5 Å². The number of rotatable bonds is 8. The monoisotopic (exact) mass is 409 g/mol. The molecule has 0 aliphatic rings. The van der Waals surface area contributed by atoms with Gasteiger partial charge in [0.1, 0.15) is 5.82 Å². The van der Waals surface area contributed by atoms with E-state index in [0.717, 1.165) is 0 Å². The zero-order chi connectivity index (χ0) is 20.7. The molecule has 1 amide bonds. The maximum Gasteiger partial charge on any atom is 0.338 e. The van der Waals surface area contributed by atoms with Crippen LogP contribution >= 0.6 is 11.6 Å². The topological polar surface area (TPSA) is 65.1 Å². The van der Waals surface area contributed by atoms with E-state index in [1.807, 2.05) is 0 Å². The molecule has 6 nitrogen and oxygen atoms in total. The average Bonchev–Trinajstić information content (AvgIpc) is 2.68. The fourth-order valence-corrected chi connectivity index (χ4v) is 2.68. The summed E-state index contributed by atoms with van der Waals surface area (Å²) < 4.78 is 29.3. The van der Waals surface area contributed by atoms with Crippen LogP contribution in [-0.4, -0.2) is 44.1 Å². The van der Waals surface area contributed by atoms with Gasteiger partial charge in [0.05, 0.1) is 24.3 Å². The van der Waals surface area contributed by atoms with Gasteiger partial charge >= 0.3 is 5.97 Å². The van der Waals surface area contributed by atoms with Crippen molar-refractivity contribution in [1.82, 2.24) is 4.90 Å². The molecule has 8 heteroatoms. The van der Waals surface area contributed by atoms with Crippen LogP contribution in [0.5, 0.6) is 11.5 Å². The molecular formula is C20H21ClFNO5. The van der Waals surface area contributed by atoms with E-state index in [1.54, 1.807) is 25.1 Å². The number of esters is 1. The molecule has 0 aliphatic carbocycles. The number of methoxy groups -OCH3 is 1. The highest BCUT2D eigenvalue weighted by molar-refractivity contribution is 6.32. The number of ether oxygens (including phenoxy) is 3. The zero-order valence-electron chi connectivity index (χ0n) is 15.8. The molecule has 0 saturated heterocycles. The van der Waals surface area contributed by atoms with Crippen LogP contribution in [0.25, 0.3) is 0 Å². The molecule has 0 saturated carbocycles. The summed E-state index contributed by atoms with van der Waals surface area (Å²) in [5.74, 6) is -1.01. The summed E-state index contributed by atoms with van der Waals surface area (Å²) in [6.07, 6.45) is 0. The van der Waals surface area contributed by atoms with Crippen LogP contribution in [-0.2, 0) is 16.1 Å². The van der Waals surface area contributed by atoms with Crippen LogP contribution in [0.4, 0.5) is 4.39 Å². The van der Waals surface area contributed by atoms with Crippen molar-refractivity contribution in [3.63, 3.8) is 0 Å². The molecule has 0 fully saturated rings. The third-order valence-corrected chi connectivity index (χ3v) is 4.15. The molecular weight excluding hydrogens is 389 g/mol. The largest absolute Gasteiger partial charge is 0.493 e. The number of halogens is 2. The van der Waals surface area contributed by atoms with Gasteiger partial charge in [-0.25, -0.2) is 9.18 Å². The van der Waals surface area contributed by atoms with Gasteiger partial charge in [-0.15, -0.1) is 0 Å². The summed E-state index contributed by atoms with van der Waals surface area (Å²) in [5, 5.41) is 0.191. The first-order valence-corrected chi connectivity index (χ1v) is 8.90. The molecule has 0 radical (unpaired) electrons. The minimum Gasteiger partial charge on any atom is -0.493 e. The summed E-state index contributed by atoms with van der Waals surface area (Å²) >= 11 is 6.13. The molecule has 0 N–H and O–H groups in total. The summed E-state index contributed by atoms with van der Waals surface area (Å²) in [6.45, 7) is 1.74. The average molecular weight is 410 g/mol. The van der Waals surface area contributed by atoms with Crippen molar-refractivity contribution in [1.29, 1.82) is 0 Å². The normalized spacial score (nSPS) is 10.3. The van der Waals surface area contributed by atoms with Gasteiger partial charge in [-0.3, -0.25) is 4.79 Å². The van der Waals surface area contributed by atoms with Crippen LogP contribution in [0.3, 0.4) is 0 Å². The smallest absolute Gasteiger partial charge is 0.338 e. The lowest BCUT2D eigenvalue weighted by atomic mass is 10.2. The lowest BCUT2D eigenvalue weighted by molar-refractivity contribution is -0.133. The molecule has 2 rings (SSSR count). The number of carbonyl (C=O) groups is 2. The van der Waals surface area contributed by atoms with E-state index < -0.39 is 24.3 Å². The quantitative estimate of drug-likeness (QED) is 0.622. The Hall–Kier alpha value is -2.80. The van der Waals surface area contributed by atoms with E-state index in [2.05, 4.69) is 0 Å². The van der Waals surface area contributed by atoms with E-state index in [9.17, 15) is 14.0 Å². The second-order valence-electron chi connectivity index (χ2n) is 5.84. The molecule has 0 aliphatic heterocycles. The molecule has 0 bridgehead atoms. The lowest BCUT2D eigenvalue weighted by Gasteiger charge is -2.18. The van der Waals surface area contributed by atoms with Crippen molar-refractivity contribution >= 4 is 23.5 Å². The van der Waals surface area contributed by atoms with E-state index in [4.69, 9.17) is 25.8 Å².